The largest absolute Gasteiger partial charge is 0.444 e. The number of hydrogen-bond acceptors (Lipinski definition) is 6. The number of piperidine rings is 1. The Morgan fingerprint density at radius 3 is 2.50 bits per heavy atom. The zero-order chi connectivity index (χ0) is 29.0. The number of aromatic nitrogens is 2. The van der Waals surface area contributed by atoms with Gasteiger partial charge in [0.05, 0.1) is 23.2 Å². The van der Waals surface area contributed by atoms with Crippen LogP contribution in [-0.2, 0) is 16.0 Å². The van der Waals surface area contributed by atoms with Crippen LogP contribution in [0.2, 0.25) is 0 Å². The molecule has 9 heteroatoms. The Morgan fingerprint density at radius 2 is 1.85 bits per heavy atom. The number of hydrogen-bond donors (Lipinski definition) is 1. The van der Waals surface area contributed by atoms with E-state index in [-0.39, 0.29) is 29.7 Å². The SMILES string of the molecule is COCCCCn1c(C(=O)N(CC(C)C)[C@H]2CC([C@@H](O)C3CC3)CN(C(=O)OC(C)(C)C)C2)nc2ccccc21. The van der Waals surface area contributed by atoms with Crippen LogP contribution in [0.25, 0.3) is 11.0 Å². The van der Waals surface area contributed by atoms with Crippen LogP contribution in [0.5, 0.6) is 0 Å². The number of benzene rings is 1. The molecule has 2 fully saturated rings. The number of aryl methyl sites for hydroxylation is 1. The number of aliphatic hydroxyl groups is 1. The number of carbonyl (C=O) groups is 2. The maximum Gasteiger partial charge on any atom is 0.410 e. The molecule has 1 aliphatic heterocycles. The van der Waals surface area contributed by atoms with Gasteiger partial charge in [0.25, 0.3) is 5.91 Å². The predicted molar refractivity (Wildman–Crippen MR) is 155 cm³/mol. The molecule has 40 heavy (non-hydrogen) atoms. The topological polar surface area (TPSA) is 97.1 Å². The molecule has 1 unspecified atom stereocenters. The maximum absolute atomic E-state index is 14.4. The van der Waals surface area contributed by atoms with Crippen molar-refractivity contribution in [2.24, 2.45) is 17.8 Å². The molecule has 2 amide bonds. The second kappa shape index (κ2) is 12.9. The monoisotopic (exact) mass is 556 g/mol. The van der Waals surface area contributed by atoms with Crippen molar-refractivity contribution in [2.45, 2.75) is 91.0 Å². The molecule has 0 radical (unpaired) electrons. The van der Waals surface area contributed by atoms with Gasteiger partial charge in [0.15, 0.2) is 5.82 Å². The number of amides is 2. The van der Waals surface area contributed by atoms with Crippen molar-refractivity contribution in [3.63, 3.8) is 0 Å². The van der Waals surface area contributed by atoms with E-state index >= 15 is 0 Å². The first kappa shape index (κ1) is 30.3. The van der Waals surface area contributed by atoms with Crippen LogP contribution >= 0.6 is 0 Å². The molecule has 2 aromatic rings. The van der Waals surface area contributed by atoms with E-state index in [1.165, 1.54) is 0 Å². The van der Waals surface area contributed by atoms with E-state index in [0.717, 1.165) is 36.7 Å². The highest BCUT2D eigenvalue weighted by molar-refractivity contribution is 5.95. The van der Waals surface area contributed by atoms with Gasteiger partial charge in [-0.2, -0.15) is 0 Å². The normalized spacial score (nSPS) is 20.6. The number of rotatable bonds is 11. The number of nitrogens with zero attached hydrogens (tertiary/aromatic N) is 4. The van der Waals surface area contributed by atoms with Crippen LogP contribution < -0.4 is 0 Å². The second-order valence-corrected chi connectivity index (χ2v) is 13.0. The molecular formula is C31H48N4O5. The lowest BCUT2D eigenvalue weighted by Gasteiger charge is -2.44. The third kappa shape index (κ3) is 7.55. The molecule has 0 spiro atoms. The maximum atomic E-state index is 14.4. The summed E-state index contributed by atoms with van der Waals surface area (Å²) in [4.78, 5) is 36.1. The molecule has 222 valence electrons. The van der Waals surface area contributed by atoms with Crippen LogP contribution in [0, 0.1) is 17.8 Å². The minimum atomic E-state index is -0.629. The van der Waals surface area contributed by atoms with Gasteiger partial charge in [0.1, 0.15) is 5.60 Å². The smallest absolute Gasteiger partial charge is 0.410 e. The van der Waals surface area contributed by atoms with E-state index in [0.29, 0.717) is 45.0 Å². The summed E-state index contributed by atoms with van der Waals surface area (Å²) in [7, 11) is 1.70. The summed E-state index contributed by atoms with van der Waals surface area (Å²) in [5.74, 6) is 0.663. The number of likely N-dealkylation sites (tertiary alicyclic amines) is 1. The molecule has 4 rings (SSSR count). The van der Waals surface area contributed by atoms with Crippen LogP contribution in [0.15, 0.2) is 24.3 Å². The summed E-state index contributed by atoms with van der Waals surface area (Å²) in [5, 5.41) is 11.2. The van der Waals surface area contributed by atoms with E-state index in [4.69, 9.17) is 14.5 Å². The fourth-order valence-electron chi connectivity index (χ4n) is 5.78. The summed E-state index contributed by atoms with van der Waals surface area (Å²) in [6.07, 6.45) is 3.53. The number of unbranched alkanes of at least 4 members (excludes halogenated alkanes) is 1. The van der Waals surface area contributed by atoms with Crippen molar-refractivity contribution in [1.29, 1.82) is 0 Å². The molecule has 1 aromatic carbocycles. The molecular weight excluding hydrogens is 508 g/mol. The Morgan fingerprint density at radius 1 is 1.12 bits per heavy atom. The van der Waals surface area contributed by atoms with Crippen molar-refractivity contribution in [2.75, 3.05) is 33.4 Å². The van der Waals surface area contributed by atoms with Crippen molar-refractivity contribution >= 4 is 23.0 Å². The number of carbonyl (C=O) groups excluding carboxylic acids is 2. The number of fused-ring (bicyclic) bond motifs is 1. The van der Waals surface area contributed by atoms with Gasteiger partial charge in [-0.15, -0.1) is 0 Å². The number of methoxy groups -OCH3 is 1. The molecule has 1 aromatic heterocycles. The third-order valence-corrected chi connectivity index (χ3v) is 7.79. The van der Waals surface area contributed by atoms with Gasteiger partial charge in [0.2, 0.25) is 0 Å². The Hall–Kier alpha value is -2.65. The molecule has 0 bridgehead atoms. The lowest BCUT2D eigenvalue weighted by atomic mass is 9.86. The highest BCUT2D eigenvalue weighted by Gasteiger charge is 2.44. The van der Waals surface area contributed by atoms with E-state index < -0.39 is 17.8 Å². The molecule has 1 N–H and O–H groups in total. The van der Waals surface area contributed by atoms with Crippen LogP contribution in [0.4, 0.5) is 4.79 Å². The van der Waals surface area contributed by atoms with Gasteiger partial charge in [-0.1, -0.05) is 26.0 Å². The molecule has 3 atom stereocenters. The van der Waals surface area contributed by atoms with Gasteiger partial charge in [-0.3, -0.25) is 4.79 Å². The first-order chi connectivity index (χ1) is 19.0. The van der Waals surface area contributed by atoms with Crippen molar-refractivity contribution in [1.82, 2.24) is 19.4 Å². The van der Waals surface area contributed by atoms with E-state index in [1.807, 2.05) is 54.5 Å². The minimum Gasteiger partial charge on any atom is -0.444 e. The lowest BCUT2D eigenvalue weighted by molar-refractivity contribution is -0.0221. The van der Waals surface area contributed by atoms with Crippen molar-refractivity contribution < 1.29 is 24.2 Å². The zero-order valence-corrected chi connectivity index (χ0v) is 25.1. The molecule has 1 saturated heterocycles. The number of para-hydroxylation sites is 2. The Bertz CT molecular complexity index is 1150. The van der Waals surface area contributed by atoms with E-state index in [9.17, 15) is 14.7 Å². The Kier molecular flexibility index (Phi) is 9.77. The summed E-state index contributed by atoms with van der Waals surface area (Å²) in [5.41, 5.74) is 1.10. The van der Waals surface area contributed by atoms with Crippen LogP contribution in [0.3, 0.4) is 0 Å². The minimum absolute atomic E-state index is 0.117. The first-order valence-corrected chi connectivity index (χ1v) is 14.9. The average Bonchev–Trinajstić information content (AvgIpc) is 3.69. The van der Waals surface area contributed by atoms with Gasteiger partial charge < -0.3 is 28.9 Å². The molecule has 2 heterocycles. The van der Waals surface area contributed by atoms with Crippen molar-refractivity contribution in [3.05, 3.63) is 30.1 Å². The lowest BCUT2D eigenvalue weighted by Crippen LogP contribution is -2.57. The molecule has 1 saturated carbocycles. The number of aliphatic hydroxyl groups excluding tert-OH is 1. The molecule has 2 aliphatic rings. The average molecular weight is 557 g/mol. The standard InChI is InChI=1S/C31H48N4O5/c1-21(2)18-35(29(37)28-32-25-11-7-8-12-26(25)34(28)15-9-10-16-39-6)24-17-23(27(36)22-13-14-22)19-33(20-24)30(38)40-31(3,4)5/h7-8,11-12,21-24,27,36H,9-10,13-20H2,1-6H3/t23?,24-,27-/m0/s1. The summed E-state index contributed by atoms with van der Waals surface area (Å²) in [6.45, 7) is 12.4. The highest BCUT2D eigenvalue weighted by atomic mass is 16.6. The summed E-state index contributed by atoms with van der Waals surface area (Å²) in [6, 6.07) is 7.61. The number of imidazole rings is 1. The molecule has 1 aliphatic carbocycles. The fraction of sp³-hybridized carbons (Fsp3) is 0.710. The Balaban J connectivity index is 1.66. The fourth-order valence-corrected chi connectivity index (χ4v) is 5.78. The van der Waals surface area contributed by atoms with Gasteiger partial charge in [-0.25, -0.2) is 9.78 Å². The van der Waals surface area contributed by atoms with Crippen molar-refractivity contribution in [3.8, 4) is 0 Å². The highest BCUT2D eigenvalue weighted by Crippen LogP contribution is 2.39. The van der Waals surface area contributed by atoms with Gasteiger partial charge >= 0.3 is 6.09 Å². The second-order valence-electron chi connectivity index (χ2n) is 13.0. The third-order valence-electron chi connectivity index (χ3n) is 7.79. The van der Waals surface area contributed by atoms with Gasteiger partial charge in [-0.05, 0) is 76.8 Å². The first-order valence-electron chi connectivity index (χ1n) is 14.9. The quantitative estimate of drug-likeness (QED) is 0.393. The van der Waals surface area contributed by atoms with E-state index in [1.54, 1.807) is 12.0 Å². The Labute approximate surface area is 238 Å². The van der Waals surface area contributed by atoms with E-state index in [2.05, 4.69) is 13.8 Å². The van der Waals surface area contributed by atoms with Gasteiger partial charge in [0, 0.05) is 45.8 Å². The summed E-state index contributed by atoms with van der Waals surface area (Å²) < 4.78 is 13.0. The predicted octanol–water partition coefficient (Wildman–Crippen LogP) is 4.96. The van der Waals surface area contributed by atoms with Crippen LogP contribution in [0.1, 0.15) is 77.3 Å². The molecule has 9 nitrogen and oxygen atoms in total. The van der Waals surface area contributed by atoms with Crippen LogP contribution in [-0.4, -0.2) is 87.6 Å². The zero-order valence-electron chi connectivity index (χ0n) is 25.1. The summed E-state index contributed by atoms with van der Waals surface area (Å²) >= 11 is 0. The number of ether oxygens (including phenoxy) is 2.